The maximum atomic E-state index is 12.8. The van der Waals surface area contributed by atoms with Crippen molar-refractivity contribution < 1.29 is 14.3 Å². The molecule has 154 valence electrons. The van der Waals surface area contributed by atoms with Gasteiger partial charge in [-0.15, -0.1) is 11.3 Å². The Labute approximate surface area is 183 Å². The van der Waals surface area contributed by atoms with E-state index in [0.29, 0.717) is 29.7 Å². The predicted molar refractivity (Wildman–Crippen MR) is 119 cm³/mol. The molecule has 6 nitrogen and oxygen atoms in total. The lowest BCUT2D eigenvalue weighted by Crippen LogP contribution is -2.33. The summed E-state index contributed by atoms with van der Waals surface area (Å²) >= 11 is 7.24. The minimum absolute atomic E-state index is 0.215. The van der Waals surface area contributed by atoms with Crippen LogP contribution in [0.5, 0.6) is 5.75 Å². The van der Waals surface area contributed by atoms with Gasteiger partial charge in [0.15, 0.2) is 5.13 Å². The average molecular weight is 442 g/mol. The lowest BCUT2D eigenvalue weighted by molar-refractivity contribution is -0.129. The van der Waals surface area contributed by atoms with E-state index < -0.39 is 5.92 Å². The van der Waals surface area contributed by atoms with Crippen molar-refractivity contribution in [2.24, 2.45) is 5.92 Å². The summed E-state index contributed by atoms with van der Waals surface area (Å²) in [6.07, 6.45) is 0.457. The molecule has 1 unspecified atom stereocenters. The molecule has 1 fully saturated rings. The Morgan fingerprint density at radius 1 is 1.27 bits per heavy atom. The fourth-order valence-corrected chi connectivity index (χ4v) is 4.25. The third kappa shape index (κ3) is 4.17. The molecule has 0 radical (unpaired) electrons. The Kier molecular flexibility index (Phi) is 6.01. The van der Waals surface area contributed by atoms with E-state index in [0.717, 1.165) is 22.7 Å². The van der Waals surface area contributed by atoms with Crippen LogP contribution in [0, 0.1) is 5.92 Å². The fourth-order valence-electron chi connectivity index (χ4n) is 3.41. The van der Waals surface area contributed by atoms with E-state index in [2.05, 4.69) is 10.3 Å². The van der Waals surface area contributed by atoms with Crippen LogP contribution in [0.25, 0.3) is 11.3 Å². The first-order valence-corrected chi connectivity index (χ1v) is 10.9. The summed E-state index contributed by atoms with van der Waals surface area (Å²) in [6.45, 7) is 2.97. The molecule has 1 saturated heterocycles. The second-order valence-electron chi connectivity index (χ2n) is 6.76. The standard InChI is InChI=1S/C22H20ClN3O3S/c1-2-29-19-6-4-3-5-16(19)18-13-30-22(24-18)25-20(27)17-11-12-26(21(17)28)15-9-7-14(23)8-10-15/h3-10,13,17H,2,11-12H2,1H3,(H,24,25,27). The van der Waals surface area contributed by atoms with Crippen LogP contribution >= 0.6 is 22.9 Å². The Bertz CT molecular complexity index is 1070. The number of nitrogens with one attached hydrogen (secondary N) is 1. The minimum atomic E-state index is -0.733. The number of benzene rings is 2. The normalized spacial score (nSPS) is 16.0. The highest BCUT2D eigenvalue weighted by Gasteiger charge is 2.37. The van der Waals surface area contributed by atoms with E-state index in [1.807, 2.05) is 36.6 Å². The summed E-state index contributed by atoms with van der Waals surface area (Å²) in [5.74, 6) is -0.541. The van der Waals surface area contributed by atoms with Crippen LogP contribution in [0.3, 0.4) is 0 Å². The maximum Gasteiger partial charge on any atom is 0.239 e. The lowest BCUT2D eigenvalue weighted by atomic mass is 10.1. The number of hydrogen-bond acceptors (Lipinski definition) is 5. The number of para-hydroxylation sites is 1. The molecule has 4 rings (SSSR count). The van der Waals surface area contributed by atoms with Crippen LogP contribution in [-0.4, -0.2) is 29.9 Å². The molecule has 2 aromatic carbocycles. The van der Waals surface area contributed by atoms with Crippen molar-refractivity contribution in [1.29, 1.82) is 0 Å². The number of amides is 2. The van der Waals surface area contributed by atoms with Gasteiger partial charge in [-0.25, -0.2) is 4.98 Å². The number of anilines is 2. The van der Waals surface area contributed by atoms with Gasteiger partial charge in [-0.3, -0.25) is 9.59 Å². The molecule has 3 aromatic rings. The Morgan fingerprint density at radius 2 is 2.03 bits per heavy atom. The van der Waals surface area contributed by atoms with Crippen molar-refractivity contribution in [3.8, 4) is 17.0 Å². The van der Waals surface area contributed by atoms with Gasteiger partial charge in [-0.1, -0.05) is 23.7 Å². The topological polar surface area (TPSA) is 71.5 Å². The minimum Gasteiger partial charge on any atom is -0.493 e. The third-order valence-electron chi connectivity index (χ3n) is 4.86. The number of thiazole rings is 1. The number of carbonyl (C=O) groups excluding carboxylic acids is 2. The first-order valence-electron chi connectivity index (χ1n) is 9.62. The molecule has 1 N–H and O–H groups in total. The number of ether oxygens (including phenoxy) is 1. The molecule has 0 spiro atoms. The number of halogens is 1. The summed E-state index contributed by atoms with van der Waals surface area (Å²) in [4.78, 5) is 31.6. The SMILES string of the molecule is CCOc1ccccc1-c1csc(NC(=O)C2CCN(c3ccc(Cl)cc3)C2=O)n1. The van der Waals surface area contributed by atoms with E-state index >= 15 is 0 Å². The summed E-state index contributed by atoms with van der Waals surface area (Å²) in [5, 5.41) is 5.72. The van der Waals surface area contributed by atoms with Gasteiger partial charge in [-0.2, -0.15) is 0 Å². The molecule has 0 bridgehead atoms. The van der Waals surface area contributed by atoms with Gasteiger partial charge in [0.05, 0.1) is 12.3 Å². The van der Waals surface area contributed by atoms with E-state index in [1.165, 1.54) is 11.3 Å². The highest BCUT2D eigenvalue weighted by Crippen LogP contribution is 2.33. The zero-order valence-electron chi connectivity index (χ0n) is 16.3. The molecule has 1 aliphatic rings. The van der Waals surface area contributed by atoms with Crippen molar-refractivity contribution in [2.45, 2.75) is 13.3 Å². The lowest BCUT2D eigenvalue weighted by Gasteiger charge is -2.16. The molecule has 1 aromatic heterocycles. The zero-order valence-corrected chi connectivity index (χ0v) is 17.9. The van der Waals surface area contributed by atoms with Crippen molar-refractivity contribution in [1.82, 2.24) is 4.98 Å². The van der Waals surface area contributed by atoms with Crippen LogP contribution in [0.15, 0.2) is 53.9 Å². The number of rotatable bonds is 6. The van der Waals surface area contributed by atoms with E-state index in [-0.39, 0.29) is 11.8 Å². The molecule has 8 heteroatoms. The second kappa shape index (κ2) is 8.85. The summed E-state index contributed by atoms with van der Waals surface area (Å²) < 4.78 is 5.66. The summed E-state index contributed by atoms with van der Waals surface area (Å²) in [7, 11) is 0. The average Bonchev–Trinajstić information content (AvgIpc) is 3.36. The van der Waals surface area contributed by atoms with Crippen LogP contribution in [0.4, 0.5) is 10.8 Å². The third-order valence-corrected chi connectivity index (χ3v) is 5.87. The number of nitrogens with zero attached hydrogens (tertiary/aromatic N) is 2. The number of carbonyl (C=O) groups is 2. The fraction of sp³-hybridized carbons (Fsp3) is 0.227. The highest BCUT2D eigenvalue weighted by atomic mass is 35.5. The van der Waals surface area contributed by atoms with Gasteiger partial charge in [0.2, 0.25) is 11.8 Å². The monoisotopic (exact) mass is 441 g/mol. The first-order chi connectivity index (χ1) is 14.6. The maximum absolute atomic E-state index is 12.8. The van der Waals surface area contributed by atoms with Crippen LogP contribution in [0.2, 0.25) is 5.02 Å². The smallest absolute Gasteiger partial charge is 0.239 e. The molecule has 2 amide bonds. The number of hydrogen-bond donors (Lipinski definition) is 1. The van der Waals surface area contributed by atoms with Gasteiger partial charge in [0.1, 0.15) is 11.7 Å². The molecule has 0 aliphatic carbocycles. The van der Waals surface area contributed by atoms with Crippen molar-refractivity contribution in [3.63, 3.8) is 0 Å². The van der Waals surface area contributed by atoms with Gasteiger partial charge in [0, 0.05) is 28.2 Å². The zero-order chi connectivity index (χ0) is 21.1. The highest BCUT2D eigenvalue weighted by molar-refractivity contribution is 7.14. The largest absolute Gasteiger partial charge is 0.493 e. The van der Waals surface area contributed by atoms with Crippen LogP contribution in [0.1, 0.15) is 13.3 Å². The Morgan fingerprint density at radius 3 is 2.80 bits per heavy atom. The van der Waals surface area contributed by atoms with E-state index in [9.17, 15) is 9.59 Å². The van der Waals surface area contributed by atoms with Crippen LogP contribution in [-0.2, 0) is 9.59 Å². The molecule has 1 aliphatic heterocycles. The molecule has 30 heavy (non-hydrogen) atoms. The van der Waals surface area contributed by atoms with Crippen molar-refractivity contribution >= 4 is 45.6 Å². The summed E-state index contributed by atoms with van der Waals surface area (Å²) in [6, 6.07) is 14.7. The molecular weight excluding hydrogens is 422 g/mol. The summed E-state index contributed by atoms with van der Waals surface area (Å²) in [5.41, 5.74) is 2.32. The van der Waals surface area contributed by atoms with Crippen molar-refractivity contribution in [2.75, 3.05) is 23.4 Å². The Balaban J connectivity index is 1.45. The quantitative estimate of drug-likeness (QED) is 0.555. The Hall–Kier alpha value is -2.90. The van der Waals surface area contributed by atoms with Gasteiger partial charge >= 0.3 is 0 Å². The molecule has 1 atom stereocenters. The van der Waals surface area contributed by atoms with Crippen molar-refractivity contribution in [3.05, 3.63) is 58.9 Å². The predicted octanol–water partition coefficient (Wildman–Crippen LogP) is 4.85. The molecular formula is C22H20ClN3O3S. The first kappa shape index (κ1) is 20.4. The van der Waals surface area contributed by atoms with Gasteiger partial charge in [0.25, 0.3) is 0 Å². The number of aromatic nitrogens is 1. The van der Waals surface area contributed by atoms with Crippen LogP contribution < -0.4 is 15.0 Å². The van der Waals surface area contributed by atoms with Gasteiger partial charge in [-0.05, 0) is 49.7 Å². The van der Waals surface area contributed by atoms with E-state index in [4.69, 9.17) is 16.3 Å². The second-order valence-corrected chi connectivity index (χ2v) is 8.06. The molecule has 2 heterocycles. The van der Waals surface area contributed by atoms with Gasteiger partial charge < -0.3 is 15.0 Å². The molecule has 0 saturated carbocycles. The van der Waals surface area contributed by atoms with E-state index in [1.54, 1.807) is 29.2 Å².